The first kappa shape index (κ1) is 19.0. The smallest absolute Gasteiger partial charge is 0.227 e. The molecule has 2 atom stereocenters. The Hall–Kier alpha value is -0.0300. The first-order chi connectivity index (χ1) is 8.10. The summed E-state index contributed by atoms with van der Waals surface area (Å²) in [5.74, 6) is 0.878. The Labute approximate surface area is 128 Å². The van der Waals surface area contributed by atoms with Gasteiger partial charge in [-0.15, -0.1) is 24.8 Å². The monoisotopic (exact) mass is 311 g/mol. The van der Waals surface area contributed by atoms with E-state index in [0.29, 0.717) is 5.92 Å². The molecular weight excluding hydrogens is 285 g/mol. The molecule has 0 radical (unpaired) electrons. The van der Waals surface area contributed by atoms with Crippen LogP contribution in [0.25, 0.3) is 0 Å². The lowest BCUT2D eigenvalue weighted by atomic mass is 9.82. The van der Waals surface area contributed by atoms with Gasteiger partial charge in [0.1, 0.15) is 0 Å². The molecule has 19 heavy (non-hydrogen) atoms. The average Bonchev–Trinajstić information content (AvgIpc) is 2.73. The number of hydrogen-bond donors (Lipinski definition) is 2. The third kappa shape index (κ3) is 5.10. The van der Waals surface area contributed by atoms with Crippen LogP contribution in [0.4, 0.5) is 0 Å². The topological polar surface area (TPSA) is 44.4 Å². The van der Waals surface area contributed by atoms with Gasteiger partial charge in [-0.1, -0.05) is 0 Å². The zero-order valence-electron chi connectivity index (χ0n) is 11.9. The lowest BCUT2D eigenvalue weighted by Crippen LogP contribution is -2.49. The van der Waals surface area contributed by atoms with Crippen LogP contribution in [0.2, 0.25) is 0 Å². The van der Waals surface area contributed by atoms with Crippen molar-refractivity contribution in [1.29, 1.82) is 0 Å². The van der Waals surface area contributed by atoms with Crippen LogP contribution in [0.15, 0.2) is 0 Å². The number of hydrogen-bond acceptors (Lipinski definition) is 3. The molecule has 2 aliphatic rings. The van der Waals surface area contributed by atoms with E-state index in [0.717, 1.165) is 39.0 Å². The van der Waals surface area contributed by atoms with Gasteiger partial charge in [0.25, 0.3) is 0 Å². The maximum absolute atomic E-state index is 12.2. The molecule has 4 nitrogen and oxygen atoms in total. The summed E-state index contributed by atoms with van der Waals surface area (Å²) < 4.78 is 0. The van der Waals surface area contributed by atoms with Crippen molar-refractivity contribution in [3.63, 3.8) is 0 Å². The van der Waals surface area contributed by atoms with E-state index in [9.17, 15) is 4.79 Å². The predicted octanol–water partition coefficient (Wildman–Crippen LogP) is 1.29. The van der Waals surface area contributed by atoms with E-state index in [2.05, 4.69) is 29.5 Å². The quantitative estimate of drug-likeness (QED) is 0.825. The van der Waals surface area contributed by atoms with Crippen molar-refractivity contribution in [1.82, 2.24) is 15.5 Å². The molecule has 6 heteroatoms. The molecule has 2 saturated heterocycles. The summed E-state index contributed by atoms with van der Waals surface area (Å²) in [6, 6.07) is 0. The summed E-state index contributed by atoms with van der Waals surface area (Å²) in [5, 5.41) is 6.47. The minimum absolute atomic E-state index is 0. The Balaban J connectivity index is 0.00000162. The average molecular weight is 312 g/mol. The van der Waals surface area contributed by atoms with E-state index in [-0.39, 0.29) is 36.1 Å². The second-order valence-electron chi connectivity index (χ2n) is 5.97. The Morgan fingerprint density at radius 3 is 2.74 bits per heavy atom. The van der Waals surface area contributed by atoms with Gasteiger partial charge in [0, 0.05) is 19.6 Å². The number of halogens is 2. The van der Waals surface area contributed by atoms with Crippen molar-refractivity contribution in [2.45, 2.75) is 26.2 Å². The Morgan fingerprint density at radius 2 is 2.21 bits per heavy atom. The second kappa shape index (κ2) is 8.30. The van der Waals surface area contributed by atoms with Gasteiger partial charge in [-0.25, -0.2) is 0 Å². The van der Waals surface area contributed by atoms with Gasteiger partial charge in [-0.05, 0) is 52.2 Å². The van der Waals surface area contributed by atoms with Gasteiger partial charge < -0.3 is 15.5 Å². The number of nitrogens with one attached hydrogen (secondary N) is 2. The van der Waals surface area contributed by atoms with Crippen molar-refractivity contribution in [3.8, 4) is 0 Å². The normalized spacial score (nSPS) is 31.2. The van der Waals surface area contributed by atoms with Gasteiger partial charge in [0.2, 0.25) is 5.91 Å². The first-order valence-electron chi connectivity index (χ1n) is 6.78. The van der Waals surface area contributed by atoms with Crippen LogP contribution in [0, 0.1) is 11.3 Å². The molecule has 0 aromatic carbocycles. The van der Waals surface area contributed by atoms with Crippen molar-refractivity contribution in [2.75, 3.05) is 39.8 Å². The number of amides is 1. The fourth-order valence-corrected chi connectivity index (χ4v) is 2.89. The molecule has 0 aromatic rings. The maximum Gasteiger partial charge on any atom is 0.227 e. The van der Waals surface area contributed by atoms with E-state index in [1.807, 2.05) is 0 Å². The number of rotatable bonds is 3. The molecule has 0 aliphatic carbocycles. The summed E-state index contributed by atoms with van der Waals surface area (Å²) in [7, 11) is 2.15. The SMILES string of the molecule is CN1CCC(CNC(=O)C2(C)CCCNC2)C1.Cl.Cl. The molecule has 1 amide bonds. The Bertz CT molecular complexity index is 283. The third-order valence-corrected chi connectivity index (χ3v) is 4.19. The molecule has 0 aromatic heterocycles. The van der Waals surface area contributed by atoms with Gasteiger partial charge in [-0.2, -0.15) is 0 Å². The minimum atomic E-state index is -0.192. The highest BCUT2D eigenvalue weighted by atomic mass is 35.5. The molecule has 2 rings (SSSR count). The molecular formula is C13H27Cl2N3O. The van der Waals surface area contributed by atoms with Crippen LogP contribution in [0.1, 0.15) is 26.2 Å². The van der Waals surface area contributed by atoms with Crippen molar-refractivity contribution < 1.29 is 4.79 Å². The molecule has 114 valence electrons. The Kier molecular flexibility index (Phi) is 8.29. The van der Waals surface area contributed by atoms with Gasteiger partial charge in [0.05, 0.1) is 5.41 Å². The summed E-state index contributed by atoms with van der Waals surface area (Å²) in [4.78, 5) is 14.5. The van der Waals surface area contributed by atoms with Crippen LogP contribution in [0.3, 0.4) is 0 Å². The summed E-state index contributed by atoms with van der Waals surface area (Å²) in [6.07, 6.45) is 3.33. The van der Waals surface area contributed by atoms with E-state index >= 15 is 0 Å². The standard InChI is InChI=1S/C13H25N3O.2ClH/c1-13(5-3-6-14-10-13)12(17)15-8-11-4-7-16(2)9-11;;/h11,14H,3-10H2,1-2H3,(H,15,17);2*1H. The van der Waals surface area contributed by atoms with Gasteiger partial charge >= 0.3 is 0 Å². The van der Waals surface area contributed by atoms with Crippen molar-refractivity contribution >= 4 is 30.7 Å². The number of carbonyl (C=O) groups is 1. The fraction of sp³-hybridized carbons (Fsp3) is 0.923. The number of likely N-dealkylation sites (tertiary alicyclic amines) is 1. The third-order valence-electron chi connectivity index (χ3n) is 4.19. The van der Waals surface area contributed by atoms with E-state index in [1.165, 1.54) is 13.0 Å². The van der Waals surface area contributed by atoms with Crippen LogP contribution in [-0.2, 0) is 4.79 Å². The van der Waals surface area contributed by atoms with Crippen LogP contribution >= 0.6 is 24.8 Å². The summed E-state index contributed by atoms with van der Waals surface area (Å²) in [6.45, 7) is 7.09. The number of piperidine rings is 1. The highest BCUT2D eigenvalue weighted by molar-refractivity contribution is 5.85. The molecule has 0 bridgehead atoms. The number of nitrogens with zero attached hydrogens (tertiary/aromatic N) is 1. The highest BCUT2D eigenvalue weighted by Crippen LogP contribution is 2.25. The molecule has 2 fully saturated rings. The van der Waals surface area contributed by atoms with Crippen molar-refractivity contribution in [3.05, 3.63) is 0 Å². The lowest BCUT2D eigenvalue weighted by molar-refractivity contribution is -0.131. The zero-order valence-corrected chi connectivity index (χ0v) is 13.5. The van der Waals surface area contributed by atoms with Crippen LogP contribution in [0.5, 0.6) is 0 Å². The zero-order chi connectivity index (χ0) is 12.3. The largest absolute Gasteiger partial charge is 0.355 e. The maximum atomic E-state index is 12.2. The van der Waals surface area contributed by atoms with Gasteiger partial charge in [0.15, 0.2) is 0 Å². The van der Waals surface area contributed by atoms with E-state index in [1.54, 1.807) is 0 Å². The van der Waals surface area contributed by atoms with Crippen LogP contribution < -0.4 is 10.6 Å². The van der Waals surface area contributed by atoms with Crippen molar-refractivity contribution in [2.24, 2.45) is 11.3 Å². The minimum Gasteiger partial charge on any atom is -0.355 e. The molecule has 0 saturated carbocycles. The summed E-state index contributed by atoms with van der Waals surface area (Å²) in [5.41, 5.74) is -0.192. The van der Waals surface area contributed by atoms with E-state index in [4.69, 9.17) is 0 Å². The molecule has 2 N–H and O–H groups in total. The molecule has 2 aliphatic heterocycles. The lowest BCUT2D eigenvalue weighted by Gasteiger charge is -2.33. The molecule has 0 spiro atoms. The Morgan fingerprint density at radius 1 is 1.47 bits per heavy atom. The van der Waals surface area contributed by atoms with E-state index < -0.39 is 0 Å². The highest BCUT2D eigenvalue weighted by Gasteiger charge is 2.34. The number of carbonyl (C=O) groups excluding carboxylic acids is 1. The van der Waals surface area contributed by atoms with Gasteiger partial charge in [-0.3, -0.25) is 4.79 Å². The van der Waals surface area contributed by atoms with Crippen LogP contribution in [-0.4, -0.2) is 50.6 Å². The fourth-order valence-electron chi connectivity index (χ4n) is 2.89. The second-order valence-corrected chi connectivity index (χ2v) is 5.97. The molecule has 2 heterocycles. The summed E-state index contributed by atoms with van der Waals surface area (Å²) >= 11 is 0. The molecule has 2 unspecified atom stereocenters. The predicted molar refractivity (Wildman–Crippen MR) is 83.3 cm³/mol. The first-order valence-corrected chi connectivity index (χ1v) is 6.78.